The summed E-state index contributed by atoms with van der Waals surface area (Å²) in [7, 11) is 0. The third-order valence-corrected chi connectivity index (χ3v) is 1.66. The molecule has 0 atom stereocenters. The SMILES string of the molecule is CCN(CC#N)C(=O)c1ccn[nH]1. The van der Waals surface area contributed by atoms with Crippen LogP contribution in [0.1, 0.15) is 17.4 Å². The Morgan fingerprint density at radius 1 is 1.85 bits per heavy atom. The lowest BCUT2D eigenvalue weighted by Crippen LogP contribution is -2.31. The second-order valence-electron chi connectivity index (χ2n) is 2.45. The summed E-state index contributed by atoms with van der Waals surface area (Å²) in [5.74, 6) is -0.193. The van der Waals surface area contributed by atoms with Crippen LogP contribution in [0.2, 0.25) is 0 Å². The molecule has 0 aromatic carbocycles. The summed E-state index contributed by atoms with van der Waals surface area (Å²) < 4.78 is 0. The Morgan fingerprint density at radius 2 is 2.62 bits per heavy atom. The highest BCUT2D eigenvalue weighted by Gasteiger charge is 2.13. The maximum Gasteiger partial charge on any atom is 0.272 e. The summed E-state index contributed by atoms with van der Waals surface area (Å²) in [5.41, 5.74) is 0.414. The number of aromatic amines is 1. The van der Waals surface area contributed by atoms with Gasteiger partial charge in [-0.3, -0.25) is 9.89 Å². The fourth-order valence-corrected chi connectivity index (χ4v) is 0.958. The first-order valence-electron chi connectivity index (χ1n) is 3.95. The number of nitrogens with one attached hydrogen (secondary N) is 1. The molecule has 0 aliphatic rings. The Morgan fingerprint density at radius 3 is 3.08 bits per heavy atom. The van der Waals surface area contributed by atoms with Crippen LogP contribution < -0.4 is 0 Å². The second kappa shape index (κ2) is 4.26. The molecule has 1 N–H and O–H groups in total. The molecule has 0 unspecified atom stereocenters. The Balaban J connectivity index is 2.72. The first kappa shape index (κ1) is 9.26. The summed E-state index contributed by atoms with van der Waals surface area (Å²) in [4.78, 5) is 13.0. The first-order valence-corrected chi connectivity index (χ1v) is 3.95. The molecule has 1 aromatic rings. The Hall–Kier alpha value is -1.83. The lowest BCUT2D eigenvalue weighted by molar-refractivity contribution is 0.0778. The fraction of sp³-hybridized carbons (Fsp3) is 0.375. The van der Waals surface area contributed by atoms with Crippen LogP contribution >= 0.6 is 0 Å². The molecule has 0 fully saturated rings. The lowest BCUT2D eigenvalue weighted by atomic mass is 10.3. The van der Waals surface area contributed by atoms with E-state index in [-0.39, 0.29) is 12.5 Å². The van der Waals surface area contributed by atoms with Gasteiger partial charge in [-0.1, -0.05) is 0 Å². The summed E-state index contributed by atoms with van der Waals surface area (Å²) >= 11 is 0. The van der Waals surface area contributed by atoms with Gasteiger partial charge in [0.05, 0.1) is 6.07 Å². The lowest BCUT2D eigenvalue weighted by Gasteiger charge is -2.15. The number of nitrogens with zero attached hydrogens (tertiary/aromatic N) is 3. The number of aromatic nitrogens is 2. The van der Waals surface area contributed by atoms with Gasteiger partial charge >= 0.3 is 0 Å². The standard InChI is InChI=1S/C8H10N4O/c1-2-12(6-4-9)8(13)7-3-5-10-11-7/h3,5H,2,6H2,1H3,(H,10,11). The van der Waals surface area contributed by atoms with Gasteiger partial charge < -0.3 is 4.90 Å². The molecule has 0 saturated carbocycles. The van der Waals surface area contributed by atoms with Gasteiger partial charge in [0.1, 0.15) is 12.2 Å². The maximum absolute atomic E-state index is 11.5. The third-order valence-electron chi connectivity index (χ3n) is 1.66. The van der Waals surface area contributed by atoms with Crippen molar-refractivity contribution >= 4 is 5.91 Å². The number of carbonyl (C=O) groups is 1. The van der Waals surface area contributed by atoms with E-state index in [0.717, 1.165) is 0 Å². The predicted octanol–water partition coefficient (Wildman–Crippen LogP) is 0.395. The van der Waals surface area contributed by atoms with Crippen LogP contribution in [0.15, 0.2) is 12.3 Å². The van der Waals surface area contributed by atoms with Crippen LogP contribution in [0.25, 0.3) is 0 Å². The van der Waals surface area contributed by atoms with Crippen LogP contribution in [-0.2, 0) is 0 Å². The molecule has 1 rings (SSSR count). The molecule has 5 heteroatoms. The van der Waals surface area contributed by atoms with Gasteiger partial charge in [0.2, 0.25) is 0 Å². The molecule has 13 heavy (non-hydrogen) atoms. The van der Waals surface area contributed by atoms with E-state index in [1.807, 2.05) is 13.0 Å². The van der Waals surface area contributed by atoms with E-state index in [9.17, 15) is 4.79 Å². The summed E-state index contributed by atoms with van der Waals surface area (Å²) in [6, 6.07) is 3.52. The average Bonchev–Trinajstić information content (AvgIpc) is 2.65. The number of carbonyl (C=O) groups excluding carboxylic acids is 1. The van der Waals surface area contributed by atoms with E-state index in [4.69, 9.17) is 5.26 Å². The Labute approximate surface area is 76.0 Å². The third kappa shape index (κ3) is 2.06. The minimum atomic E-state index is -0.193. The normalized spacial score (nSPS) is 9.23. The number of rotatable bonds is 3. The van der Waals surface area contributed by atoms with Crippen molar-refractivity contribution in [3.8, 4) is 6.07 Å². The zero-order chi connectivity index (χ0) is 9.68. The van der Waals surface area contributed by atoms with Crippen molar-refractivity contribution in [1.29, 1.82) is 5.26 Å². The van der Waals surface area contributed by atoms with Crippen molar-refractivity contribution in [2.24, 2.45) is 0 Å². The molecular weight excluding hydrogens is 168 g/mol. The monoisotopic (exact) mass is 178 g/mol. The van der Waals surface area contributed by atoms with Crippen LogP contribution in [-0.4, -0.2) is 34.1 Å². The molecule has 1 amide bonds. The van der Waals surface area contributed by atoms with E-state index < -0.39 is 0 Å². The molecule has 0 aliphatic heterocycles. The number of nitriles is 1. The average molecular weight is 178 g/mol. The van der Waals surface area contributed by atoms with Crippen LogP contribution in [0.3, 0.4) is 0 Å². The molecular formula is C8H10N4O. The van der Waals surface area contributed by atoms with Crippen LogP contribution in [0.4, 0.5) is 0 Å². The number of amides is 1. The topological polar surface area (TPSA) is 72.8 Å². The highest BCUT2D eigenvalue weighted by molar-refractivity contribution is 5.92. The molecule has 68 valence electrons. The smallest absolute Gasteiger partial charge is 0.272 e. The van der Waals surface area contributed by atoms with E-state index in [1.165, 1.54) is 11.1 Å². The molecule has 1 heterocycles. The Bertz CT molecular complexity index is 311. The molecule has 0 radical (unpaired) electrons. The molecule has 0 bridgehead atoms. The second-order valence-corrected chi connectivity index (χ2v) is 2.45. The highest BCUT2D eigenvalue weighted by Crippen LogP contribution is 1.99. The van der Waals surface area contributed by atoms with Crippen molar-refractivity contribution in [2.45, 2.75) is 6.92 Å². The van der Waals surface area contributed by atoms with Crippen molar-refractivity contribution in [2.75, 3.05) is 13.1 Å². The number of hydrogen-bond acceptors (Lipinski definition) is 3. The predicted molar refractivity (Wildman–Crippen MR) is 45.8 cm³/mol. The van der Waals surface area contributed by atoms with Crippen molar-refractivity contribution in [1.82, 2.24) is 15.1 Å². The molecule has 5 nitrogen and oxygen atoms in total. The van der Waals surface area contributed by atoms with E-state index in [2.05, 4.69) is 10.2 Å². The quantitative estimate of drug-likeness (QED) is 0.680. The number of H-pyrrole nitrogens is 1. The summed E-state index contributed by atoms with van der Waals surface area (Å²) in [6.07, 6.45) is 1.51. The van der Waals surface area contributed by atoms with Gasteiger partial charge in [-0.15, -0.1) is 0 Å². The van der Waals surface area contributed by atoms with Gasteiger partial charge in [0.15, 0.2) is 0 Å². The van der Waals surface area contributed by atoms with Crippen molar-refractivity contribution < 1.29 is 4.79 Å². The van der Waals surface area contributed by atoms with Gasteiger partial charge in [0, 0.05) is 12.7 Å². The van der Waals surface area contributed by atoms with Gasteiger partial charge in [-0.05, 0) is 13.0 Å². The van der Waals surface area contributed by atoms with E-state index >= 15 is 0 Å². The van der Waals surface area contributed by atoms with Crippen LogP contribution in [0.5, 0.6) is 0 Å². The molecule has 1 aromatic heterocycles. The molecule has 0 spiro atoms. The van der Waals surface area contributed by atoms with Gasteiger partial charge in [-0.2, -0.15) is 10.4 Å². The fourth-order valence-electron chi connectivity index (χ4n) is 0.958. The van der Waals surface area contributed by atoms with E-state index in [1.54, 1.807) is 6.07 Å². The van der Waals surface area contributed by atoms with Crippen molar-refractivity contribution in [3.63, 3.8) is 0 Å². The maximum atomic E-state index is 11.5. The minimum Gasteiger partial charge on any atom is -0.324 e. The highest BCUT2D eigenvalue weighted by atomic mass is 16.2. The van der Waals surface area contributed by atoms with E-state index in [0.29, 0.717) is 12.2 Å². The zero-order valence-electron chi connectivity index (χ0n) is 7.32. The van der Waals surface area contributed by atoms with Gasteiger partial charge in [-0.25, -0.2) is 0 Å². The summed E-state index contributed by atoms with van der Waals surface area (Å²) in [6.45, 7) is 2.45. The minimum absolute atomic E-state index is 0.106. The largest absolute Gasteiger partial charge is 0.324 e. The summed E-state index contributed by atoms with van der Waals surface area (Å²) in [5, 5.41) is 14.7. The molecule has 0 aliphatic carbocycles. The zero-order valence-corrected chi connectivity index (χ0v) is 7.32. The first-order chi connectivity index (χ1) is 6.29. The van der Waals surface area contributed by atoms with Gasteiger partial charge in [0.25, 0.3) is 5.91 Å². The van der Waals surface area contributed by atoms with Crippen molar-refractivity contribution in [3.05, 3.63) is 18.0 Å². The molecule has 0 saturated heterocycles. The Kier molecular flexibility index (Phi) is 3.03. The number of hydrogen-bond donors (Lipinski definition) is 1. The van der Waals surface area contributed by atoms with Crippen LogP contribution in [0, 0.1) is 11.3 Å².